The number of imide groups is 1. The first-order valence-corrected chi connectivity index (χ1v) is 14.1. The van der Waals surface area contributed by atoms with E-state index >= 15 is 0 Å². The molecule has 226 valence electrons. The maximum absolute atomic E-state index is 13.1. The summed E-state index contributed by atoms with van der Waals surface area (Å²) in [5, 5.41) is 2.50. The van der Waals surface area contributed by atoms with Crippen molar-refractivity contribution < 1.29 is 41.8 Å². The Balaban J connectivity index is 1.47. The van der Waals surface area contributed by atoms with Gasteiger partial charge in [-0.2, -0.15) is 13.2 Å². The van der Waals surface area contributed by atoms with Crippen LogP contribution in [0.5, 0.6) is 17.2 Å². The fraction of sp³-hybridized carbons (Fsp3) is 0.207. The van der Waals surface area contributed by atoms with Crippen LogP contribution in [0.1, 0.15) is 23.6 Å². The van der Waals surface area contributed by atoms with Crippen molar-refractivity contribution in [1.29, 1.82) is 0 Å². The molecule has 0 atom stereocenters. The molecule has 0 unspecified atom stereocenters. The number of amides is 3. The lowest BCUT2D eigenvalue weighted by Crippen LogP contribution is -2.36. The molecule has 0 aliphatic carbocycles. The standard InChI is InChI=1S/C29H23Cl2F3N2O6S/c1-3-41-24-10-16(4-8-23(24)42-15-17-5-7-19(30)13-20(17)31)11-25-27(38)36(28(39)43-25)14-26(37)35-21-12-18(29(32,33)34)6-9-22(21)40-2/h4-13H,3,14-15H2,1-2H3,(H,35,37)/b25-11-. The Hall–Kier alpha value is -3.87. The molecule has 0 spiro atoms. The third-order valence-electron chi connectivity index (χ3n) is 5.94. The molecule has 3 aromatic carbocycles. The molecule has 0 radical (unpaired) electrons. The lowest BCUT2D eigenvalue weighted by atomic mass is 10.1. The van der Waals surface area contributed by atoms with Gasteiger partial charge in [-0.25, -0.2) is 0 Å². The molecule has 14 heteroatoms. The van der Waals surface area contributed by atoms with Crippen LogP contribution in [0.25, 0.3) is 6.08 Å². The second-order valence-electron chi connectivity index (χ2n) is 8.89. The molecule has 1 fully saturated rings. The second-order valence-corrected chi connectivity index (χ2v) is 10.7. The summed E-state index contributed by atoms with van der Waals surface area (Å²) in [7, 11) is 1.23. The number of ether oxygens (including phenoxy) is 3. The van der Waals surface area contributed by atoms with Crippen molar-refractivity contribution >= 4 is 63.8 Å². The number of carbonyl (C=O) groups is 3. The van der Waals surface area contributed by atoms with E-state index in [2.05, 4.69) is 5.32 Å². The van der Waals surface area contributed by atoms with Crippen LogP contribution < -0.4 is 19.5 Å². The number of nitrogens with one attached hydrogen (secondary N) is 1. The van der Waals surface area contributed by atoms with E-state index in [1.807, 2.05) is 0 Å². The summed E-state index contributed by atoms with van der Waals surface area (Å²) >= 11 is 12.8. The molecule has 0 bridgehead atoms. The molecule has 3 amide bonds. The van der Waals surface area contributed by atoms with Crippen LogP contribution >= 0.6 is 35.0 Å². The second kappa shape index (κ2) is 13.6. The average molecular weight is 655 g/mol. The molecule has 0 aromatic heterocycles. The van der Waals surface area contributed by atoms with E-state index in [-0.39, 0.29) is 22.9 Å². The topological polar surface area (TPSA) is 94.2 Å². The van der Waals surface area contributed by atoms with Crippen molar-refractivity contribution in [2.45, 2.75) is 19.7 Å². The summed E-state index contributed by atoms with van der Waals surface area (Å²) in [4.78, 5) is 39.0. The van der Waals surface area contributed by atoms with E-state index < -0.39 is 35.3 Å². The van der Waals surface area contributed by atoms with Gasteiger partial charge in [0.2, 0.25) is 5.91 Å². The van der Waals surface area contributed by atoms with Crippen LogP contribution in [0, 0.1) is 0 Å². The van der Waals surface area contributed by atoms with Crippen molar-refractivity contribution in [2.75, 3.05) is 25.6 Å². The van der Waals surface area contributed by atoms with Gasteiger partial charge in [0, 0.05) is 15.6 Å². The zero-order valence-corrected chi connectivity index (χ0v) is 24.9. The summed E-state index contributed by atoms with van der Waals surface area (Å²) in [6.45, 7) is 1.54. The Bertz CT molecular complexity index is 1600. The molecule has 3 aromatic rings. The minimum Gasteiger partial charge on any atom is -0.495 e. The van der Waals surface area contributed by atoms with Gasteiger partial charge >= 0.3 is 6.18 Å². The molecule has 43 heavy (non-hydrogen) atoms. The van der Waals surface area contributed by atoms with E-state index in [1.54, 1.807) is 43.3 Å². The van der Waals surface area contributed by atoms with E-state index in [9.17, 15) is 27.6 Å². The van der Waals surface area contributed by atoms with Crippen LogP contribution in [-0.4, -0.2) is 42.2 Å². The number of carbonyl (C=O) groups excluding carboxylic acids is 3. The van der Waals surface area contributed by atoms with Crippen LogP contribution in [-0.2, 0) is 22.4 Å². The number of rotatable bonds is 10. The first-order chi connectivity index (χ1) is 20.4. The quantitative estimate of drug-likeness (QED) is 0.224. The maximum Gasteiger partial charge on any atom is 0.416 e. The lowest BCUT2D eigenvalue weighted by Gasteiger charge is -2.16. The van der Waals surface area contributed by atoms with Crippen molar-refractivity contribution in [3.8, 4) is 17.2 Å². The average Bonchev–Trinajstić information content (AvgIpc) is 3.20. The zero-order valence-electron chi connectivity index (χ0n) is 22.6. The Labute approximate surface area is 258 Å². The smallest absolute Gasteiger partial charge is 0.416 e. The van der Waals surface area contributed by atoms with Gasteiger partial charge in [0.15, 0.2) is 11.5 Å². The van der Waals surface area contributed by atoms with Gasteiger partial charge < -0.3 is 19.5 Å². The predicted octanol–water partition coefficient (Wildman–Crippen LogP) is 7.67. The van der Waals surface area contributed by atoms with Crippen molar-refractivity contribution in [3.05, 3.63) is 86.2 Å². The molecule has 8 nitrogen and oxygen atoms in total. The largest absolute Gasteiger partial charge is 0.495 e. The van der Waals surface area contributed by atoms with Crippen LogP contribution in [0.4, 0.5) is 23.7 Å². The highest BCUT2D eigenvalue weighted by molar-refractivity contribution is 8.18. The fourth-order valence-corrected chi connectivity index (χ4v) is 5.20. The maximum atomic E-state index is 13.1. The number of hydrogen-bond donors (Lipinski definition) is 1. The van der Waals surface area contributed by atoms with E-state index in [1.165, 1.54) is 13.2 Å². The predicted molar refractivity (Wildman–Crippen MR) is 158 cm³/mol. The molecule has 1 aliphatic heterocycles. The number of alkyl halides is 3. The number of benzene rings is 3. The highest BCUT2D eigenvalue weighted by atomic mass is 35.5. The van der Waals surface area contributed by atoms with E-state index in [4.69, 9.17) is 37.4 Å². The zero-order chi connectivity index (χ0) is 31.3. The molecule has 4 rings (SSSR count). The van der Waals surface area contributed by atoms with E-state index in [0.717, 1.165) is 12.1 Å². The first kappa shape index (κ1) is 32.1. The number of nitrogens with zero attached hydrogens (tertiary/aromatic N) is 1. The summed E-state index contributed by atoms with van der Waals surface area (Å²) < 4.78 is 56.0. The molecule has 1 aliphatic rings. The fourth-order valence-electron chi connectivity index (χ4n) is 3.90. The first-order valence-electron chi connectivity index (χ1n) is 12.5. The van der Waals surface area contributed by atoms with Gasteiger partial charge in [0.25, 0.3) is 11.1 Å². The molecule has 1 N–H and O–H groups in total. The minimum absolute atomic E-state index is 0.0239. The van der Waals surface area contributed by atoms with Crippen molar-refractivity contribution in [1.82, 2.24) is 4.90 Å². The van der Waals surface area contributed by atoms with E-state index in [0.29, 0.717) is 62.0 Å². The van der Waals surface area contributed by atoms with Crippen LogP contribution in [0.15, 0.2) is 59.5 Å². The molecule has 1 saturated heterocycles. The van der Waals surface area contributed by atoms with Gasteiger partial charge in [0.05, 0.1) is 29.9 Å². The lowest BCUT2D eigenvalue weighted by molar-refractivity contribution is -0.137. The number of methoxy groups -OCH3 is 1. The number of anilines is 1. The number of hydrogen-bond acceptors (Lipinski definition) is 7. The normalized spacial score (nSPS) is 14.3. The van der Waals surface area contributed by atoms with Gasteiger partial charge in [-0.05, 0) is 72.8 Å². The third kappa shape index (κ3) is 7.95. The molecule has 0 saturated carbocycles. The van der Waals surface area contributed by atoms with Crippen molar-refractivity contribution in [2.24, 2.45) is 0 Å². The SMILES string of the molecule is CCOc1cc(/C=C2\SC(=O)N(CC(=O)Nc3cc(C(F)(F)F)ccc3OC)C2=O)ccc1OCc1ccc(Cl)cc1Cl. The minimum atomic E-state index is -4.65. The molecule has 1 heterocycles. The highest BCUT2D eigenvalue weighted by Crippen LogP contribution is 2.37. The summed E-state index contributed by atoms with van der Waals surface area (Å²) in [5.41, 5.74) is -0.0333. The van der Waals surface area contributed by atoms with Crippen molar-refractivity contribution in [3.63, 3.8) is 0 Å². The number of halogens is 5. The molecular formula is C29H23Cl2F3N2O6S. The Morgan fingerprint density at radius 3 is 2.42 bits per heavy atom. The van der Waals surface area contributed by atoms with Gasteiger partial charge in [-0.3, -0.25) is 19.3 Å². The molecular weight excluding hydrogens is 632 g/mol. The van der Waals surface area contributed by atoms with Gasteiger partial charge in [0.1, 0.15) is 18.9 Å². The van der Waals surface area contributed by atoms with Gasteiger partial charge in [-0.1, -0.05) is 35.3 Å². The number of thioether (sulfide) groups is 1. The van der Waals surface area contributed by atoms with Gasteiger partial charge in [-0.15, -0.1) is 0 Å². The third-order valence-corrected chi connectivity index (χ3v) is 7.43. The monoisotopic (exact) mass is 654 g/mol. The van der Waals surface area contributed by atoms with Crippen LogP contribution in [0.3, 0.4) is 0 Å². The van der Waals surface area contributed by atoms with Crippen LogP contribution in [0.2, 0.25) is 10.0 Å². The summed E-state index contributed by atoms with van der Waals surface area (Å²) in [6.07, 6.45) is -3.19. The Kier molecular flexibility index (Phi) is 10.2. The summed E-state index contributed by atoms with van der Waals surface area (Å²) in [6, 6.07) is 12.5. The highest BCUT2D eigenvalue weighted by Gasteiger charge is 2.37. The Morgan fingerprint density at radius 2 is 1.74 bits per heavy atom. The Morgan fingerprint density at radius 1 is 1.00 bits per heavy atom. The summed E-state index contributed by atoms with van der Waals surface area (Å²) in [5.74, 6) is -0.849.